The van der Waals surface area contributed by atoms with Gasteiger partial charge in [0, 0.05) is 38.9 Å². The zero-order valence-electron chi connectivity index (χ0n) is 17.0. The summed E-state index contributed by atoms with van der Waals surface area (Å²) in [6, 6.07) is 5.11. The molecule has 0 aliphatic carbocycles. The molecule has 9 nitrogen and oxygen atoms in total. The van der Waals surface area contributed by atoms with Crippen LogP contribution < -0.4 is 16.0 Å². The summed E-state index contributed by atoms with van der Waals surface area (Å²) in [5.41, 5.74) is 6.33. The van der Waals surface area contributed by atoms with Gasteiger partial charge in [0.25, 0.3) is 0 Å². The summed E-state index contributed by atoms with van der Waals surface area (Å²) in [5.74, 6) is 0.424. The lowest BCUT2D eigenvalue weighted by Gasteiger charge is -2.47. The summed E-state index contributed by atoms with van der Waals surface area (Å²) >= 11 is 0. The maximum absolute atomic E-state index is 14.9. The molecule has 1 aromatic rings. The van der Waals surface area contributed by atoms with Crippen LogP contribution in [0.15, 0.2) is 23.2 Å². The van der Waals surface area contributed by atoms with Gasteiger partial charge in [0.15, 0.2) is 11.8 Å². The molecule has 4 N–H and O–H groups in total. The van der Waals surface area contributed by atoms with Gasteiger partial charge < -0.3 is 25.4 Å². The molecule has 2 aliphatic heterocycles. The number of amides is 2. The molecular weight excluding hydrogens is 393 g/mol. The molecule has 0 radical (unpaired) electrons. The van der Waals surface area contributed by atoms with Gasteiger partial charge in [0.1, 0.15) is 6.61 Å². The second-order valence-corrected chi connectivity index (χ2v) is 7.70. The van der Waals surface area contributed by atoms with Crippen molar-refractivity contribution in [1.82, 2.24) is 10.2 Å². The quantitative estimate of drug-likeness (QED) is 0.469. The Morgan fingerprint density at radius 1 is 1.30 bits per heavy atom. The summed E-state index contributed by atoms with van der Waals surface area (Å²) in [7, 11) is 1.52. The van der Waals surface area contributed by atoms with Crippen LogP contribution >= 0.6 is 0 Å². The lowest BCUT2D eigenvalue weighted by Crippen LogP contribution is -2.53. The number of hydrogen-bond acceptors (Lipinski definition) is 5. The number of carbonyl (C=O) groups is 2. The smallest absolute Gasteiger partial charge is 0.411 e. The molecule has 0 atom stereocenters. The number of carbonyl (C=O) groups excluding carboxylic acids is 1. The summed E-state index contributed by atoms with van der Waals surface area (Å²) in [6.45, 7) is 3.14. The molecule has 0 aromatic heterocycles. The van der Waals surface area contributed by atoms with Crippen LogP contribution in [0, 0.1) is 17.7 Å². The van der Waals surface area contributed by atoms with Crippen molar-refractivity contribution in [3.05, 3.63) is 29.6 Å². The molecule has 2 saturated heterocycles. The number of likely N-dealkylation sites (tertiary alicyclic amines) is 1. The molecular formula is C20H28FN5O4. The van der Waals surface area contributed by atoms with Gasteiger partial charge in [-0.15, -0.1) is 0 Å². The molecule has 0 saturated carbocycles. The maximum atomic E-state index is 14.9. The minimum atomic E-state index is -1.31. The summed E-state index contributed by atoms with van der Waals surface area (Å²) in [4.78, 5) is 30.2. The Labute approximate surface area is 174 Å². The van der Waals surface area contributed by atoms with Crippen molar-refractivity contribution >= 4 is 23.6 Å². The van der Waals surface area contributed by atoms with Crippen molar-refractivity contribution in [1.29, 1.82) is 0 Å². The van der Waals surface area contributed by atoms with E-state index in [9.17, 15) is 14.0 Å². The number of carboxylic acid groups (broad SMARTS) is 1. The van der Waals surface area contributed by atoms with Crippen molar-refractivity contribution in [3.8, 4) is 0 Å². The zero-order chi connectivity index (χ0) is 21.7. The minimum absolute atomic E-state index is 0.0342. The fourth-order valence-corrected chi connectivity index (χ4v) is 4.09. The standard InChI is InChI=1S/C20H28FN5O4/c1-30-12-17(27)25-7-5-13(6-8-25)15-10-26(11-15)16-4-2-3-14(18(16)21)9-23-19(22)24-20(28)29/h2-4,13,15H,5-12H2,1H3,(H,28,29)(H3,22,23,24). The molecule has 2 aliphatic rings. The average molecular weight is 421 g/mol. The molecule has 2 heterocycles. The predicted molar refractivity (Wildman–Crippen MR) is 110 cm³/mol. The van der Waals surface area contributed by atoms with Gasteiger partial charge in [-0.25, -0.2) is 14.2 Å². The SMILES string of the molecule is COCC(=O)N1CCC(C2CN(c3cccc(CN=C(N)NC(=O)O)c3F)C2)CC1. The third kappa shape index (κ3) is 5.18. The number of benzene rings is 1. The number of methoxy groups -OCH3 is 1. The number of nitrogens with two attached hydrogens (primary N) is 1. The molecule has 0 bridgehead atoms. The van der Waals surface area contributed by atoms with Crippen LogP contribution in [0.25, 0.3) is 0 Å². The van der Waals surface area contributed by atoms with Gasteiger partial charge in [-0.05, 0) is 30.7 Å². The molecule has 10 heteroatoms. The number of hydrogen-bond donors (Lipinski definition) is 3. The molecule has 3 rings (SSSR count). The molecule has 2 fully saturated rings. The average Bonchev–Trinajstić information content (AvgIpc) is 2.67. The molecule has 164 valence electrons. The second-order valence-electron chi connectivity index (χ2n) is 7.70. The van der Waals surface area contributed by atoms with Gasteiger partial charge in [-0.2, -0.15) is 0 Å². The first-order valence-corrected chi connectivity index (χ1v) is 9.98. The lowest BCUT2D eigenvalue weighted by molar-refractivity contribution is -0.136. The number of piperidine rings is 1. The van der Waals surface area contributed by atoms with E-state index in [1.165, 1.54) is 7.11 Å². The maximum Gasteiger partial charge on any atom is 0.411 e. The third-order valence-corrected chi connectivity index (χ3v) is 5.79. The third-order valence-electron chi connectivity index (χ3n) is 5.79. The number of guanidine groups is 1. The zero-order valence-corrected chi connectivity index (χ0v) is 17.0. The van der Waals surface area contributed by atoms with Crippen LogP contribution in [0.4, 0.5) is 14.9 Å². The van der Waals surface area contributed by atoms with Crippen LogP contribution in [0.1, 0.15) is 18.4 Å². The van der Waals surface area contributed by atoms with Crippen molar-refractivity contribution in [2.45, 2.75) is 19.4 Å². The number of nitrogens with zero attached hydrogens (tertiary/aromatic N) is 3. The van der Waals surface area contributed by atoms with Gasteiger partial charge in [-0.1, -0.05) is 12.1 Å². The van der Waals surface area contributed by atoms with E-state index in [0.29, 0.717) is 23.1 Å². The van der Waals surface area contributed by atoms with E-state index >= 15 is 0 Å². The molecule has 1 aromatic carbocycles. The fraction of sp³-hybridized carbons (Fsp3) is 0.550. The highest BCUT2D eigenvalue weighted by molar-refractivity contribution is 5.91. The van der Waals surface area contributed by atoms with E-state index in [2.05, 4.69) is 4.99 Å². The van der Waals surface area contributed by atoms with E-state index in [-0.39, 0.29) is 30.8 Å². The number of rotatable bonds is 6. The molecule has 0 spiro atoms. The number of aliphatic imine (C=N–C) groups is 1. The highest BCUT2D eigenvalue weighted by Gasteiger charge is 2.37. The Hall–Kier alpha value is -2.88. The number of anilines is 1. The summed E-state index contributed by atoms with van der Waals surface area (Å²) in [5, 5.41) is 10.5. The topological polar surface area (TPSA) is 120 Å². The van der Waals surface area contributed by atoms with Crippen LogP contribution in [0.5, 0.6) is 0 Å². The van der Waals surface area contributed by atoms with Crippen LogP contribution in [0.2, 0.25) is 0 Å². The first kappa shape index (κ1) is 21.8. The Bertz CT molecular complexity index is 804. The Kier molecular flexibility index (Phi) is 7.09. The van der Waals surface area contributed by atoms with Gasteiger partial charge in [0.2, 0.25) is 5.91 Å². The van der Waals surface area contributed by atoms with Gasteiger partial charge in [0.05, 0.1) is 12.2 Å². The largest absolute Gasteiger partial charge is 0.465 e. The van der Waals surface area contributed by atoms with Gasteiger partial charge >= 0.3 is 6.09 Å². The van der Waals surface area contributed by atoms with Crippen molar-refractivity contribution in [3.63, 3.8) is 0 Å². The van der Waals surface area contributed by atoms with Crippen LogP contribution in [-0.4, -0.2) is 67.9 Å². The Morgan fingerprint density at radius 3 is 2.63 bits per heavy atom. The Balaban J connectivity index is 1.52. The van der Waals surface area contributed by atoms with Crippen molar-refractivity contribution in [2.24, 2.45) is 22.6 Å². The summed E-state index contributed by atoms with van der Waals surface area (Å²) < 4.78 is 19.8. The fourth-order valence-electron chi connectivity index (χ4n) is 4.09. The van der Waals surface area contributed by atoms with E-state index in [0.717, 1.165) is 39.0 Å². The molecule has 30 heavy (non-hydrogen) atoms. The van der Waals surface area contributed by atoms with E-state index in [1.54, 1.807) is 18.2 Å². The number of nitrogens with one attached hydrogen (secondary N) is 1. The Morgan fingerprint density at radius 2 is 2.00 bits per heavy atom. The van der Waals surface area contributed by atoms with Gasteiger partial charge in [-0.3, -0.25) is 10.1 Å². The lowest BCUT2D eigenvalue weighted by atomic mass is 9.79. The second kappa shape index (κ2) is 9.75. The predicted octanol–water partition coefficient (Wildman–Crippen LogP) is 1.23. The van der Waals surface area contributed by atoms with E-state index in [1.807, 2.05) is 15.1 Å². The minimum Gasteiger partial charge on any atom is -0.465 e. The van der Waals surface area contributed by atoms with Crippen molar-refractivity contribution < 1.29 is 23.8 Å². The first-order chi connectivity index (χ1) is 14.4. The van der Waals surface area contributed by atoms with Crippen molar-refractivity contribution in [2.75, 3.05) is 44.8 Å². The number of halogens is 1. The highest BCUT2D eigenvalue weighted by atomic mass is 19.1. The highest BCUT2D eigenvalue weighted by Crippen LogP contribution is 2.36. The summed E-state index contributed by atoms with van der Waals surface area (Å²) in [6.07, 6.45) is 0.605. The van der Waals surface area contributed by atoms with Crippen LogP contribution in [0.3, 0.4) is 0 Å². The first-order valence-electron chi connectivity index (χ1n) is 9.98. The molecule has 0 unspecified atom stereocenters. The van der Waals surface area contributed by atoms with Crippen LogP contribution in [-0.2, 0) is 16.1 Å². The van der Waals surface area contributed by atoms with E-state index < -0.39 is 6.09 Å². The molecule has 2 amide bonds. The number of ether oxygens (including phenoxy) is 1. The monoisotopic (exact) mass is 421 g/mol. The van der Waals surface area contributed by atoms with E-state index in [4.69, 9.17) is 15.6 Å². The normalized spacial score (nSPS) is 18.3.